The topological polar surface area (TPSA) is 67.9 Å². The minimum atomic E-state index is -5.53. The summed E-state index contributed by atoms with van der Waals surface area (Å²) in [7, 11) is 0. The van der Waals surface area contributed by atoms with Crippen LogP contribution < -0.4 is 5.32 Å². The van der Waals surface area contributed by atoms with Gasteiger partial charge >= 0.3 is 35.0 Å². The maximum absolute atomic E-state index is 13.9. The number of nitrogens with zero attached hydrogens (tertiary/aromatic N) is 1. The Labute approximate surface area is 179 Å². The lowest BCUT2D eigenvalue weighted by atomic mass is 10.1. The van der Waals surface area contributed by atoms with Crippen molar-refractivity contribution in [1.29, 1.82) is 0 Å². The number of unbranched alkanes of at least 4 members (excludes halogenated alkanes) is 1. The second-order valence-corrected chi connectivity index (χ2v) is 7.44. The summed E-state index contributed by atoms with van der Waals surface area (Å²) in [6.07, 6.45) is -8.14. The number of ether oxygens (including phenoxy) is 2. The molecule has 14 heteroatoms. The Hall–Kier alpha value is -1.54. The molecule has 1 aliphatic rings. The molecule has 31 heavy (non-hydrogen) atoms. The zero-order chi connectivity index (χ0) is 24.1. The first-order valence-electron chi connectivity index (χ1n) is 9.13. The highest BCUT2D eigenvalue weighted by atomic mass is 32.1. The predicted molar refractivity (Wildman–Crippen MR) is 97.8 cm³/mol. The first-order chi connectivity index (χ1) is 14.1. The molecule has 1 saturated heterocycles. The average Bonchev–Trinajstić information content (AvgIpc) is 2.64. The first-order valence-corrected chi connectivity index (χ1v) is 9.57. The number of hydrogen-bond acceptors (Lipinski definition) is 6. The van der Waals surface area contributed by atoms with Crippen LogP contribution in [0, 0.1) is 0 Å². The highest BCUT2D eigenvalue weighted by Crippen LogP contribution is 2.41. The van der Waals surface area contributed by atoms with Crippen LogP contribution in [0.4, 0.5) is 30.7 Å². The molecule has 1 N–H and O–H groups in total. The number of halogens is 7. The van der Waals surface area contributed by atoms with Crippen molar-refractivity contribution in [3.8, 4) is 0 Å². The van der Waals surface area contributed by atoms with E-state index in [9.17, 15) is 40.3 Å². The fourth-order valence-corrected chi connectivity index (χ4v) is 2.62. The Morgan fingerprint density at radius 3 is 2.06 bits per heavy atom. The van der Waals surface area contributed by atoms with Gasteiger partial charge in [0.15, 0.2) is 0 Å². The Kier molecular flexibility index (Phi) is 9.21. The van der Waals surface area contributed by atoms with Gasteiger partial charge in [0, 0.05) is 38.2 Å². The van der Waals surface area contributed by atoms with Gasteiger partial charge in [-0.1, -0.05) is 19.2 Å². The molecule has 0 bridgehead atoms. The van der Waals surface area contributed by atoms with Crippen molar-refractivity contribution in [1.82, 2.24) is 10.2 Å². The van der Waals surface area contributed by atoms with Gasteiger partial charge in [-0.2, -0.15) is 30.7 Å². The van der Waals surface area contributed by atoms with Gasteiger partial charge in [-0.05, 0) is 19.8 Å². The molecule has 1 aliphatic heterocycles. The molecule has 1 rings (SSSR count). The van der Waals surface area contributed by atoms with E-state index in [1.165, 1.54) is 0 Å². The molecular formula is C17H23F7N2O4S. The van der Waals surface area contributed by atoms with Gasteiger partial charge in [-0.3, -0.25) is 4.79 Å². The zero-order valence-corrected chi connectivity index (χ0v) is 17.4. The summed E-state index contributed by atoms with van der Waals surface area (Å²) >= 11 is 2.50. The summed E-state index contributed by atoms with van der Waals surface area (Å²) in [6.45, 7) is 3.34. The molecule has 0 aromatic heterocycles. The highest BCUT2D eigenvalue weighted by molar-refractivity contribution is 7.81. The Balaban J connectivity index is 3.01. The molecule has 1 fully saturated rings. The summed E-state index contributed by atoms with van der Waals surface area (Å²) in [6, 6.07) is 0. The monoisotopic (exact) mass is 484 g/mol. The van der Waals surface area contributed by atoms with Crippen LogP contribution in [0.25, 0.3) is 0 Å². The maximum atomic E-state index is 13.9. The third-order valence-corrected chi connectivity index (χ3v) is 4.60. The van der Waals surface area contributed by atoms with Crippen LogP contribution in [-0.2, 0) is 19.1 Å². The van der Waals surface area contributed by atoms with E-state index in [1.54, 1.807) is 0 Å². The fourth-order valence-electron chi connectivity index (χ4n) is 2.50. The molecular weight excluding hydrogens is 461 g/mol. The van der Waals surface area contributed by atoms with E-state index in [2.05, 4.69) is 34.0 Å². The quantitative estimate of drug-likeness (QED) is 0.125. The van der Waals surface area contributed by atoms with Crippen LogP contribution in [0.1, 0.15) is 26.2 Å². The number of amides is 1. The van der Waals surface area contributed by atoms with Crippen molar-refractivity contribution in [3.63, 3.8) is 0 Å². The molecule has 0 aliphatic carbocycles. The Morgan fingerprint density at radius 1 is 1.06 bits per heavy atom. The number of piperazine rings is 1. The summed E-state index contributed by atoms with van der Waals surface area (Å²) in [5.74, 6) is -11.8. The van der Waals surface area contributed by atoms with E-state index in [-0.39, 0.29) is 26.2 Å². The van der Waals surface area contributed by atoms with Crippen LogP contribution in [-0.4, -0.2) is 72.7 Å². The van der Waals surface area contributed by atoms with Crippen molar-refractivity contribution in [2.75, 3.05) is 32.8 Å². The van der Waals surface area contributed by atoms with Gasteiger partial charge < -0.3 is 19.7 Å². The van der Waals surface area contributed by atoms with E-state index in [0.29, 0.717) is 0 Å². The number of carbonyl (C=O) groups is 2. The van der Waals surface area contributed by atoms with Crippen molar-refractivity contribution in [2.45, 2.75) is 49.3 Å². The fraction of sp³-hybridized carbons (Fsp3) is 0.765. The molecule has 0 saturated carbocycles. The van der Waals surface area contributed by atoms with E-state index in [1.807, 2.05) is 0 Å². The third kappa shape index (κ3) is 6.97. The maximum Gasteiger partial charge on any atom is 0.466 e. The summed E-state index contributed by atoms with van der Waals surface area (Å²) < 4.78 is 103. The van der Waals surface area contributed by atoms with Crippen molar-refractivity contribution >= 4 is 24.5 Å². The Bertz CT molecular complexity index is 664. The van der Waals surface area contributed by atoms with E-state index >= 15 is 0 Å². The highest BCUT2D eigenvalue weighted by Gasteiger charge is 2.67. The largest absolute Gasteiger partial charge is 0.466 e. The standard InChI is InChI=1S/C17H23F7N2O4S/c1-11(2)12(27)30-15(16(20,21)22,13(28)26-8-6-25-7-9-26)29-10-4-3-5-14(18,19)17(23,24)31/h25,31H,1,3-10H2,2H3. The molecule has 0 radical (unpaired) electrons. The predicted octanol–water partition coefficient (Wildman–Crippen LogP) is 3.14. The lowest BCUT2D eigenvalue weighted by Crippen LogP contribution is -2.64. The summed E-state index contributed by atoms with van der Waals surface area (Å²) in [5.41, 5.74) is -0.444. The zero-order valence-electron chi connectivity index (χ0n) is 16.5. The molecule has 1 unspecified atom stereocenters. The SMILES string of the molecule is C=C(C)C(=O)OC(OCCCCC(F)(F)C(F)(F)S)(C(=O)N1CCNCC1)C(F)(F)F. The van der Waals surface area contributed by atoms with Crippen LogP contribution in [0.15, 0.2) is 12.2 Å². The van der Waals surface area contributed by atoms with Crippen LogP contribution in [0.2, 0.25) is 0 Å². The summed E-state index contributed by atoms with van der Waals surface area (Å²) in [5, 5.41) is -1.78. The molecule has 6 nitrogen and oxygen atoms in total. The number of hydrogen-bond donors (Lipinski definition) is 2. The molecule has 0 aromatic rings. The second kappa shape index (κ2) is 10.4. The van der Waals surface area contributed by atoms with Crippen molar-refractivity contribution in [2.24, 2.45) is 0 Å². The molecule has 0 spiro atoms. The molecule has 180 valence electrons. The van der Waals surface area contributed by atoms with Gasteiger partial charge in [0.2, 0.25) is 0 Å². The third-order valence-electron chi connectivity index (χ3n) is 4.27. The van der Waals surface area contributed by atoms with Gasteiger partial charge in [-0.25, -0.2) is 4.79 Å². The first kappa shape index (κ1) is 27.5. The normalized spacial score (nSPS) is 17.8. The lowest BCUT2D eigenvalue weighted by Gasteiger charge is -2.38. The van der Waals surface area contributed by atoms with E-state index < -0.39 is 66.5 Å². The van der Waals surface area contributed by atoms with Gasteiger partial charge in [0.1, 0.15) is 0 Å². The van der Waals surface area contributed by atoms with E-state index in [0.717, 1.165) is 11.8 Å². The van der Waals surface area contributed by atoms with Gasteiger partial charge in [-0.15, -0.1) is 0 Å². The number of alkyl halides is 7. The minimum absolute atomic E-state index is 0.131. The smallest absolute Gasteiger partial charge is 0.412 e. The molecule has 1 heterocycles. The molecule has 0 aromatic carbocycles. The van der Waals surface area contributed by atoms with Crippen LogP contribution in [0.3, 0.4) is 0 Å². The van der Waals surface area contributed by atoms with Gasteiger partial charge in [0.05, 0.1) is 6.61 Å². The number of esters is 1. The molecule has 1 atom stereocenters. The van der Waals surface area contributed by atoms with Crippen LogP contribution >= 0.6 is 12.6 Å². The average molecular weight is 484 g/mol. The van der Waals surface area contributed by atoms with Crippen molar-refractivity contribution in [3.05, 3.63) is 12.2 Å². The number of nitrogens with one attached hydrogen (secondary N) is 1. The Morgan fingerprint density at radius 2 is 1.61 bits per heavy atom. The summed E-state index contributed by atoms with van der Waals surface area (Å²) in [4.78, 5) is 25.3. The minimum Gasteiger partial charge on any atom is -0.412 e. The van der Waals surface area contributed by atoms with Gasteiger partial charge in [0.25, 0.3) is 0 Å². The number of carbonyl (C=O) groups excluding carboxylic acids is 2. The van der Waals surface area contributed by atoms with E-state index in [4.69, 9.17) is 0 Å². The van der Waals surface area contributed by atoms with Crippen LogP contribution in [0.5, 0.6) is 0 Å². The lowest BCUT2D eigenvalue weighted by molar-refractivity contribution is -0.350. The van der Waals surface area contributed by atoms with Crippen molar-refractivity contribution < 1.29 is 49.8 Å². The molecule has 1 amide bonds. The number of rotatable bonds is 10. The second-order valence-electron chi connectivity index (χ2n) is 6.88. The number of thiol groups is 1.